The number of nitrogens with one attached hydrogen (secondary N) is 1. The summed E-state index contributed by atoms with van der Waals surface area (Å²) >= 11 is 1.47. The van der Waals surface area contributed by atoms with Crippen LogP contribution in [-0.2, 0) is 11.3 Å². The lowest BCUT2D eigenvalue weighted by Gasteiger charge is -2.14. The van der Waals surface area contributed by atoms with E-state index >= 15 is 0 Å². The molecule has 0 saturated carbocycles. The second-order valence-electron chi connectivity index (χ2n) is 5.34. The van der Waals surface area contributed by atoms with Gasteiger partial charge >= 0.3 is 0 Å². The third-order valence-electron chi connectivity index (χ3n) is 3.78. The zero-order valence-electron chi connectivity index (χ0n) is 12.5. The van der Waals surface area contributed by atoms with Crippen LogP contribution in [0.1, 0.15) is 32.9 Å². The molecule has 1 N–H and O–H groups in total. The van der Waals surface area contributed by atoms with Crippen LogP contribution < -0.4 is 5.32 Å². The van der Waals surface area contributed by atoms with Crippen LogP contribution in [0.5, 0.6) is 0 Å². The molecule has 0 unspecified atom stereocenters. The summed E-state index contributed by atoms with van der Waals surface area (Å²) in [4.78, 5) is 31.3. The largest absolute Gasteiger partial charge is 0.334 e. The van der Waals surface area contributed by atoms with Gasteiger partial charge in [-0.2, -0.15) is 0 Å². The third-order valence-corrected chi connectivity index (χ3v) is 4.77. The molecule has 22 heavy (non-hydrogen) atoms. The Hall–Kier alpha value is -2.21. The molecule has 0 radical (unpaired) electrons. The normalized spacial score (nSPS) is 13.4. The highest BCUT2D eigenvalue weighted by Gasteiger charge is 2.26. The minimum absolute atomic E-state index is 0.00402. The van der Waals surface area contributed by atoms with E-state index < -0.39 is 0 Å². The van der Waals surface area contributed by atoms with Crippen molar-refractivity contribution in [3.8, 4) is 0 Å². The fourth-order valence-electron chi connectivity index (χ4n) is 2.44. The van der Waals surface area contributed by atoms with E-state index in [0.717, 1.165) is 21.7 Å². The minimum Gasteiger partial charge on any atom is -0.334 e. The summed E-state index contributed by atoms with van der Waals surface area (Å²) in [5, 5.41) is 3.42. The van der Waals surface area contributed by atoms with Crippen LogP contribution in [0.4, 0.5) is 5.13 Å². The molecule has 0 aliphatic carbocycles. The van der Waals surface area contributed by atoms with Crippen LogP contribution >= 0.6 is 11.3 Å². The molecule has 114 valence electrons. The number of aryl methyl sites for hydroxylation is 2. The maximum atomic E-state index is 12.2. The maximum absolute atomic E-state index is 12.2. The van der Waals surface area contributed by atoms with E-state index in [2.05, 4.69) is 10.3 Å². The van der Waals surface area contributed by atoms with E-state index in [-0.39, 0.29) is 18.2 Å². The van der Waals surface area contributed by atoms with Crippen LogP contribution in [0.25, 0.3) is 0 Å². The average molecular weight is 315 g/mol. The first-order valence-electron chi connectivity index (χ1n) is 7.15. The summed E-state index contributed by atoms with van der Waals surface area (Å²) in [5.74, 6) is -0.109. The Morgan fingerprint density at radius 1 is 1.36 bits per heavy atom. The van der Waals surface area contributed by atoms with Gasteiger partial charge < -0.3 is 10.2 Å². The Morgan fingerprint density at radius 2 is 2.14 bits per heavy atom. The smallest absolute Gasteiger partial charge is 0.254 e. The van der Waals surface area contributed by atoms with Crippen molar-refractivity contribution in [2.75, 3.05) is 11.9 Å². The highest BCUT2D eigenvalue weighted by molar-refractivity contribution is 7.15. The van der Waals surface area contributed by atoms with Gasteiger partial charge in [-0.15, -0.1) is 11.3 Å². The highest BCUT2D eigenvalue weighted by atomic mass is 32.1. The van der Waals surface area contributed by atoms with E-state index in [1.807, 2.05) is 38.1 Å². The number of carbonyl (C=O) groups is 2. The summed E-state index contributed by atoms with van der Waals surface area (Å²) < 4.78 is 0. The van der Waals surface area contributed by atoms with Crippen LogP contribution in [-0.4, -0.2) is 28.2 Å². The fraction of sp³-hybridized carbons (Fsp3) is 0.312. The number of thiazole rings is 1. The van der Waals surface area contributed by atoms with Crippen molar-refractivity contribution in [3.05, 3.63) is 46.0 Å². The molecule has 3 rings (SSSR count). The quantitative estimate of drug-likeness (QED) is 0.943. The molecule has 1 aliphatic heterocycles. The van der Waals surface area contributed by atoms with E-state index in [1.165, 1.54) is 11.3 Å². The van der Waals surface area contributed by atoms with Gasteiger partial charge in [-0.1, -0.05) is 18.2 Å². The second-order valence-corrected chi connectivity index (χ2v) is 6.55. The van der Waals surface area contributed by atoms with Gasteiger partial charge in [-0.05, 0) is 25.5 Å². The third kappa shape index (κ3) is 2.87. The molecule has 0 fully saturated rings. The van der Waals surface area contributed by atoms with Crippen LogP contribution in [0.3, 0.4) is 0 Å². The van der Waals surface area contributed by atoms with Gasteiger partial charge in [-0.25, -0.2) is 4.98 Å². The zero-order valence-corrected chi connectivity index (χ0v) is 13.4. The molecule has 0 spiro atoms. The van der Waals surface area contributed by atoms with Gasteiger partial charge in [0.05, 0.1) is 5.69 Å². The monoisotopic (exact) mass is 315 g/mol. The Bertz CT molecular complexity index is 719. The number of rotatable bonds is 4. The lowest BCUT2D eigenvalue weighted by atomic mass is 10.1. The molecule has 6 heteroatoms. The number of hydrogen-bond acceptors (Lipinski definition) is 4. The Morgan fingerprint density at radius 3 is 2.82 bits per heavy atom. The first kappa shape index (κ1) is 14.7. The number of benzene rings is 1. The SMILES string of the molecule is Cc1nc(NC(=O)CCN2Cc3ccccc3C2=O)sc1C. The van der Waals surface area contributed by atoms with Gasteiger partial charge in [0.1, 0.15) is 0 Å². The summed E-state index contributed by atoms with van der Waals surface area (Å²) in [5.41, 5.74) is 2.71. The Balaban J connectivity index is 1.55. The van der Waals surface area contributed by atoms with Gasteiger partial charge in [0.15, 0.2) is 5.13 Å². The van der Waals surface area contributed by atoms with Crippen molar-refractivity contribution >= 4 is 28.3 Å². The average Bonchev–Trinajstić information content (AvgIpc) is 2.98. The van der Waals surface area contributed by atoms with Crippen LogP contribution in [0.2, 0.25) is 0 Å². The van der Waals surface area contributed by atoms with Gasteiger partial charge in [-0.3, -0.25) is 9.59 Å². The number of fused-ring (bicyclic) bond motifs is 1. The number of anilines is 1. The van der Waals surface area contributed by atoms with Crippen molar-refractivity contribution in [2.45, 2.75) is 26.8 Å². The van der Waals surface area contributed by atoms with Gasteiger partial charge in [0.25, 0.3) is 5.91 Å². The predicted molar refractivity (Wildman–Crippen MR) is 86.0 cm³/mol. The first-order valence-corrected chi connectivity index (χ1v) is 7.97. The highest BCUT2D eigenvalue weighted by Crippen LogP contribution is 2.23. The number of hydrogen-bond donors (Lipinski definition) is 1. The van der Waals surface area contributed by atoms with Crippen LogP contribution in [0, 0.1) is 13.8 Å². The second kappa shape index (κ2) is 5.88. The number of nitrogens with zero attached hydrogens (tertiary/aromatic N) is 2. The van der Waals surface area contributed by atoms with Crippen molar-refractivity contribution in [1.29, 1.82) is 0 Å². The van der Waals surface area contributed by atoms with E-state index in [4.69, 9.17) is 0 Å². The minimum atomic E-state index is -0.113. The molecular weight excluding hydrogens is 298 g/mol. The van der Waals surface area contributed by atoms with Gasteiger partial charge in [0, 0.05) is 30.0 Å². The Kier molecular flexibility index (Phi) is 3.94. The molecule has 0 saturated heterocycles. The molecule has 2 heterocycles. The standard InChI is InChI=1S/C16H17N3O2S/c1-10-11(2)22-16(17-10)18-14(20)7-8-19-9-12-5-3-4-6-13(12)15(19)21/h3-6H,7-9H2,1-2H3,(H,17,18,20). The van der Waals surface area contributed by atoms with Crippen LogP contribution in [0.15, 0.2) is 24.3 Å². The first-order chi connectivity index (χ1) is 10.5. The molecule has 1 aromatic heterocycles. The zero-order chi connectivity index (χ0) is 15.7. The van der Waals surface area contributed by atoms with Crippen molar-refractivity contribution in [1.82, 2.24) is 9.88 Å². The lowest BCUT2D eigenvalue weighted by molar-refractivity contribution is -0.116. The topological polar surface area (TPSA) is 62.3 Å². The fourth-order valence-corrected chi connectivity index (χ4v) is 3.27. The summed E-state index contributed by atoms with van der Waals surface area (Å²) in [6, 6.07) is 7.57. The molecule has 5 nitrogen and oxygen atoms in total. The van der Waals surface area contributed by atoms with Crippen molar-refractivity contribution < 1.29 is 9.59 Å². The molecule has 0 bridgehead atoms. The summed E-state index contributed by atoms with van der Waals surface area (Å²) in [6.07, 6.45) is 0.275. The van der Waals surface area contributed by atoms with E-state index in [1.54, 1.807) is 4.90 Å². The molecule has 1 aromatic carbocycles. The molecular formula is C16H17N3O2S. The maximum Gasteiger partial charge on any atom is 0.254 e. The van der Waals surface area contributed by atoms with Crippen molar-refractivity contribution in [2.24, 2.45) is 0 Å². The van der Waals surface area contributed by atoms with Gasteiger partial charge in [0.2, 0.25) is 5.91 Å². The molecule has 2 aromatic rings. The number of aromatic nitrogens is 1. The molecule has 2 amide bonds. The van der Waals surface area contributed by atoms with Crippen molar-refractivity contribution in [3.63, 3.8) is 0 Å². The Labute approximate surface area is 133 Å². The van der Waals surface area contributed by atoms with E-state index in [0.29, 0.717) is 18.2 Å². The summed E-state index contributed by atoms with van der Waals surface area (Å²) in [6.45, 7) is 4.89. The lowest BCUT2D eigenvalue weighted by Crippen LogP contribution is -2.28. The molecule has 1 aliphatic rings. The number of amides is 2. The summed E-state index contributed by atoms with van der Waals surface area (Å²) in [7, 11) is 0. The van der Waals surface area contributed by atoms with E-state index in [9.17, 15) is 9.59 Å². The molecule has 0 atom stereocenters. The predicted octanol–water partition coefficient (Wildman–Crippen LogP) is 2.74. The number of carbonyl (C=O) groups excluding carboxylic acids is 2.